The first kappa shape index (κ1) is 14.7. The third-order valence-corrected chi connectivity index (χ3v) is 4.42. The van der Waals surface area contributed by atoms with Gasteiger partial charge < -0.3 is 9.32 Å². The van der Waals surface area contributed by atoms with E-state index in [4.69, 9.17) is 4.42 Å². The fraction of sp³-hybridized carbons (Fsp3) is 0.353. The Labute approximate surface area is 139 Å². The summed E-state index contributed by atoms with van der Waals surface area (Å²) in [6.07, 6.45) is 7.59. The number of pyridine rings is 1. The summed E-state index contributed by atoms with van der Waals surface area (Å²) in [6, 6.07) is 9.20. The first-order valence-electron chi connectivity index (χ1n) is 8.24. The Kier molecular flexibility index (Phi) is 3.90. The largest absolute Gasteiger partial charge is 0.467 e. The zero-order valence-electron chi connectivity index (χ0n) is 13.3. The topological polar surface area (TPSA) is 75.7 Å². The van der Waals surface area contributed by atoms with Crippen LogP contribution in [0.1, 0.15) is 37.5 Å². The number of urea groups is 1. The molecular formula is C17H19N5O2. The van der Waals surface area contributed by atoms with E-state index in [0.717, 1.165) is 31.4 Å². The van der Waals surface area contributed by atoms with Gasteiger partial charge in [0.05, 0.1) is 12.3 Å². The minimum atomic E-state index is -0.170. The Hall–Kier alpha value is -2.83. The number of hydrogen-bond donors (Lipinski definition) is 1. The van der Waals surface area contributed by atoms with Gasteiger partial charge in [0.1, 0.15) is 5.76 Å². The lowest BCUT2D eigenvalue weighted by Gasteiger charge is -2.28. The number of nitrogens with one attached hydrogen (secondary N) is 1. The number of carbonyl (C=O) groups excluding carboxylic acids is 1. The first-order valence-corrected chi connectivity index (χ1v) is 8.24. The van der Waals surface area contributed by atoms with E-state index in [-0.39, 0.29) is 12.1 Å². The Bertz CT molecular complexity index is 827. The smallest absolute Gasteiger partial charge is 0.324 e. The third kappa shape index (κ3) is 2.73. The number of furan rings is 1. The van der Waals surface area contributed by atoms with Crippen LogP contribution < -0.4 is 5.32 Å². The minimum Gasteiger partial charge on any atom is -0.467 e. The molecule has 1 N–H and O–H groups in total. The van der Waals surface area contributed by atoms with Gasteiger partial charge in [-0.05, 0) is 37.1 Å². The molecule has 24 heavy (non-hydrogen) atoms. The zero-order chi connectivity index (χ0) is 16.4. The Morgan fingerprint density at radius 3 is 3.00 bits per heavy atom. The Balaban J connectivity index is 1.59. The van der Waals surface area contributed by atoms with Gasteiger partial charge in [-0.15, -0.1) is 10.2 Å². The average molecular weight is 325 g/mol. The normalized spacial score (nSPS) is 18.5. The van der Waals surface area contributed by atoms with Crippen LogP contribution in [0.4, 0.5) is 10.7 Å². The van der Waals surface area contributed by atoms with E-state index in [1.807, 2.05) is 41.4 Å². The summed E-state index contributed by atoms with van der Waals surface area (Å²) in [7, 11) is 0. The molecule has 3 aromatic rings. The van der Waals surface area contributed by atoms with Gasteiger partial charge in [-0.2, -0.15) is 0 Å². The molecule has 1 aliphatic rings. The van der Waals surface area contributed by atoms with Crippen molar-refractivity contribution in [3.05, 3.63) is 48.6 Å². The molecule has 4 rings (SSSR count). The molecule has 3 aromatic heterocycles. The molecule has 0 radical (unpaired) electrons. The van der Waals surface area contributed by atoms with Crippen LogP contribution in [0.2, 0.25) is 0 Å². The highest BCUT2D eigenvalue weighted by molar-refractivity contribution is 5.88. The minimum absolute atomic E-state index is 0.0401. The molecule has 1 atom stereocenters. The highest BCUT2D eigenvalue weighted by Gasteiger charge is 2.29. The SMILES string of the molecule is O=C(Nc1nnc2ccccn12)N1CCCCC[C@H]1c1ccco1. The van der Waals surface area contributed by atoms with Crippen LogP contribution in [0.25, 0.3) is 5.65 Å². The number of anilines is 1. The molecule has 0 aromatic carbocycles. The van der Waals surface area contributed by atoms with E-state index < -0.39 is 0 Å². The molecule has 124 valence electrons. The summed E-state index contributed by atoms with van der Waals surface area (Å²) in [6.45, 7) is 0.702. The number of likely N-dealkylation sites (tertiary alicyclic amines) is 1. The standard InChI is InChI=1S/C17H19N5O2/c23-17(18-16-20-19-15-9-3-5-11-22(15)16)21-10-4-1-2-7-13(21)14-8-6-12-24-14/h3,5-6,8-9,11-13H,1-2,4,7,10H2,(H,18,20,23)/t13-/m0/s1. The molecule has 7 nitrogen and oxygen atoms in total. The van der Waals surface area contributed by atoms with Crippen molar-refractivity contribution < 1.29 is 9.21 Å². The zero-order valence-corrected chi connectivity index (χ0v) is 13.3. The maximum absolute atomic E-state index is 12.9. The molecule has 1 fully saturated rings. The molecule has 0 aliphatic carbocycles. The highest BCUT2D eigenvalue weighted by Crippen LogP contribution is 2.30. The van der Waals surface area contributed by atoms with Gasteiger partial charge in [-0.3, -0.25) is 9.72 Å². The molecule has 0 unspecified atom stereocenters. The molecule has 0 saturated carbocycles. The van der Waals surface area contributed by atoms with Crippen molar-refractivity contribution in [1.82, 2.24) is 19.5 Å². The van der Waals surface area contributed by atoms with E-state index in [9.17, 15) is 4.79 Å². The van der Waals surface area contributed by atoms with Crippen LogP contribution in [0.5, 0.6) is 0 Å². The Morgan fingerprint density at radius 1 is 1.17 bits per heavy atom. The molecule has 1 aliphatic heterocycles. The molecular weight excluding hydrogens is 306 g/mol. The van der Waals surface area contributed by atoms with Crippen molar-refractivity contribution >= 4 is 17.6 Å². The van der Waals surface area contributed by atoms with Crippen molar-refractivity contribution in [3.8, 4) is 0 Å². The number of fused-ring (bicyclic) bond motifs is 1. The number of amides is 2. The molecule has 4 heterocycles. The first-order chi connectivity index (χ1) is 11.8. The number of rotatable bonds is 2. The van der Waals surface area contributed by atoms with E-state index in [0.29, 0.717) is 18.1 Å². The fourth-order valence-electron chi connectivity index (χ4n) is 3.22. The maximum atomic E-state index is 12.9. The predicted octanol–water partition coefficient (Wildman–Crippen LogP) is 3.47. The van der Waals surface area contributed by atoms with Gasteiger partial charge >= 0.3 is 6.03 Å². The molecule has 2 amide bonds. The summed E-state index contributed by atoms with van der Waals surface area (Å²) >= 11 is 0. The maximum Gasteiger partial charge on any atom is 0.324 e. The van der Waals surface area contributed by atoms with Crippen molar-refractivity contribution in [3.63, 3.8) is 0 Å². The molecule has 0 bridgehead atoms. The molecule has 1 saturated heterocycles. The van der Waals surface area contributed by atoms with Crippen molar-refractivity contribution in [2.24, 2.45) is 0 Å². The number of aromatic nitrogens is 3. The lowest BCUT2D eigenvalue weighted by Crippen LogP contribution is -2.38. The summed E-state index contributed by atoms with van der Waals surface area (Å²) in [5.74, 6) is 1.26. The van der Waals surface area contributed by atoms with Crippen LogP contribution in [0, 0.1) is 0 Å². The lowest BCUT2D eigenvalue weighted by molar-refractivity contribution is 0.179. The van der Waals surface area contributed by atoms with Crippen molar-refractivity contribution in [2.75, 3.05) is 11.9 Å². The van der Waals surface area contributed by atoms with Crippen LogP contribution in [0.15, 0.2) is 47.2 Å². The fourth-order valence-corrected chi connectivity index (χ4v) is 3.22. The second-order valence-electron chi connectivity index (χ2n) is 5.96. The summed E-state index contributed by atoms with van der Waals surface area (Å²) in [5, 5.41) is 11.0. The van der Waals surface area contributed by atoms with Crippen LogP contribution in [-0.2, 0) is 0 Å². The van der Waals surface area contributed by atoms with Gasteiger partial charge in [0.2, 0.25) is 5.95 Å². The number of carbonyl (C=O) groups is 1. The van der Waals surface area contributed by atoms with Gasteiger partial charge in [0.15, 0.2) is 5.65 Å². The van der Waals surface area contributed by atoms with Crippen LogP contribution in [-0.4, -0.2) is 32.1 Å². The third-order valence-electron chi connectivity index (χ3n) is 4.42. The van der Waals surface area contributed by atoms with Gasteiger partial charge in [-0.25, -0.2) is 4.79 Å². The Morgan fingerprint density at radius 2 is 2.12 bits per heavy atom. The van der Waals surface area contributed by atoms with Crippen LogP contribution in [0.3, 0.4) is 0 Å². The summed E-state index contributed by atoms with van der Waals surface area (Å²) < 4.78 is 7.32. The quantitative estimate of drug-likeness (QED) is 0.783. The molecule has 7 heteroatoms. The van der Waals surface area contributed by atoms with E-state index in [1.165, 1.54) is 0 Å². The second-order valence-corrected chi connectivity index (χ2v) is 5.96. The van der Waals surface area contributed by atoms with Crippen LogP contribution >= 0.6 is 0 Å². The average Bonchev–Trinajstić information content (AvgIpc) is 3.20. The number of nitrogens with zero attached hydrogens (tertiary/aromatic N) is 4. The van der Waals surface area contributed by atoms with E-state index >= 15 is 0 Å². The van der Waals surface area contributed by atoms with Gasteiger partial charge in [0, 0.05) is 12.7 Å². The van der Waals surface area contributed by atoms with E-state index in [2.05, 4.69) is 15.5 Å². The van der Waals surface area contributed by atoms with Gasteiger partial charge in [-0.1, -0.05) is 18.9 Å². The summed E-state index contributed by atoms with van der Waals surface area (Å²) in [5.41, 5.74) is 0.700. The van der Waals surface area contributed by atoms with Crippen molar-refractivity contribution in [2.45, 2.75) is 31.7 Å². The predicted molar refractivity (Wildman–Crippen MR) is 88.6 cm³/mol. The molecule has 0 spiro atoms. The van der Waals surface area contributed by atoms with Crippen molar-refractivity contribution in [1.29, 1.82) is 0 Å². The lowest BCUT2D eigenvalue weighted by atomic mass is 10.1. The van der Waals surface area contributed by atoms with Gasteiger partial charge in [0.25, 0.3) is 0 Å². The van der Waals surface area contributed by atoms with E-state index in [1.54, 1.807) is 10.7 Å². The number of hydrogen-bond acceptors (Lipinski definition) is 4. The monoisotopic (exact) mass is 325 g/mol. The summed E-state index contributed by atoms with van der Waals surface area (Å²) in [4.78, 5) is 14.7. The second kappa shape index (κ2) is 6.35. The highest BCUT2D eigenvalue weighted by atomic mass is 16.3.